The van der Waals surface area contributed by atoms with E-state index >= 15 is 0 Å². The molecule has 0 radical (unpaired) electrons. The van der Waals surface area contributed by atoms with Gasteiger partial charge in [0.25, 0.3) is 0 Å². The van der Waals surface area contributed by atoms with E-state index in [-0.39, 0.29) is 0 Å². The van der Waals surface area contributed by atoms with Gasteiger partial charge in [0, 0.05) is 0 Å². The van der Waals surface area contributed by atoms with Crippen LogP contribution in [0.5, 0.6) is 0 Å². The summed E-state index contributed by atoms with van der Waals surface area (Å²) in [5.41, 5.74) is 0. The monoisotopic (exact) mass is 328 g/mol. The van der Waals surface area contributed by atoms with Crippen molar-refractivity contribution in [2.45, 2.75) is 0 Å². The van der Waals surface area contributed by atoms with E-state index in [1.54, 1.807) is 42.3 Å². The maximum absolute atomic E-state index is 5.86. The molecule has 0 saturated carbocycles. The van der Waals surface area contributed by atoms with Crippen LogP contribution in [0, 0.1) is 3.76 Å². The Hall–Kier alpha value is 0.420. The molecule has 0 heterocycles. The molecule has 0 unspecified atom stereocenters. The van der Waals surface area contributed by atoms with Crippen LogP contribution in [0.25, 0.3) is 16.0 Å². The summed E-state index contributed by atoms with van der Waals surface area (Å²) < 4.78 is 5.86. The summed E-state index contributed by atoms with van der Waals surface area (Å²) >= 11 is 0.694. The average molecular weight is 328 g/mol. The molecule has 4 nitrogen and oxygen atoms in total. The molecule has 0 aromatic heterocycles. The molecular weight excluding hydrogens is 309 g/mol. The maximum atomic E-state index is 5.86. The third-order valence-corrected chi connectivity index (χ3v) is 0. The molecule has 0 amide bonds. The number of nitrogens with one attached hydrogen (secondary N) is 1. The Morgan fingerprint density at radius 1 is 0.636 bits per heavy atom. The van der Waals surface area contributed by atoms with E-state index in [4.69, 9.17) is 3.76 Å². The molecule has 0 bridgehead atoms. The zero-order valence-corrected chi connectivity index (χ0v) is 11.5. The first-order valence-electron chi connectivity index (χ1n) is 2.91. The molecule has 1 N–H and O–H groups in total. The van der Waals surface area contributed by atoms with Gasteiger partial charge in [0.2, 0.25) is 0 Å². The fraction of sp³-hybridized carbons (Fsp3) is 1.00. The molecule has 71 valence electrons. The number of hydrogen-bond acceptors (Lipinski definition) is 1. The SMILES string of the molecule is C[N-]C.C[N-]C.C[N-]C.[NH]=[Ta]. The second kappa shape index (κ2) is 79.0. The second-order valence-electron chi connectivity index (χ2n) is 1.34. The van der Waals surface area contributed by atoms with Crippen molar-refractivity contribution in [3.05, 3.63) is 16.0 Å². The first-order valence-corrected chi connectivity index (χ1v) is 4.51. The average Bonchev–Trinajstić information content (AvgIpc) is 1.96. The summed E-state index contributed by atoms with van der Waals surface area (Å²) in [5, 5.41) is 10.5. The van der Waals surface area contributed by atoms with Gasteiger partial charge in [-0.25, -0.2) is 0 Å². The van der Waals surface area contributed by atoms with Gasteiger partial charge in [-0.05, 0) is 0 Å². The summed E-state index contributed by atoms with van der Waals surface area (Å²) in [6, 6.07) is 0. The van der Waals surface area contributed by atoms with Crippen LogP contribution in [0.4, 0.5) is 0 Å². The minimum absolute atomic E-state index is 0.694. The van der Waals surface area contributed by atoms with E-state index in [0.29, 0.717) is 20.9 Å². The van der Waals surface area contributed by atoms with Crippen molar-refractivity contribution < 1.29 is 20.9 Å². The van der Waals surface area contributed by atoms with Crippen LogP contribution in [-0.4, -0.2) is 42.3 Å². The molecule has 0 aliphatic rings. The fourth-order valence-electron chi connectivity index (χ4n) is 0. The Bertz CT molecular complexity index is 25.8. The summed E-state index contributed by atoms with van der Waals surface area (Å²) in [6.45, 7) is 0. The Kier molecular flexibility index (Phi) is 162. The Morgan fingerprint density at radius 3 is 0.636 bits per heavy atom. The molecular formula is C6H19N4Ta-3. The van der Waals surface area contributed by atoms with Crippen LogP contribution in [0.3, 0.4) is 0 Å². The Balaban J connectivity index is -0.0000000301. The van der Waals surface area contributed by atoms with E-state index in [1.807, 2.05) is 0 Å². The normalized spacial score (nSPS) is 5.18. The molecule has 0 aromatic carbocycles. The van der Waals surface area contributed by atoms with Gasteiger partial charge in [-0.3, -0.25) is 0 Å². The summed E-state index contributed by atoms with van der Waals surface area (Å²) in [5.74, 6) is 0. The van der Waals surface area contributed by atoms with Gasteiger partial charge < -0.3 is 16.0 Å². The Morgan fingerprint density at radius 2 is 0.636 bits per heavy atom. The van der Waals surface area contributed by atoms with Gasteiger partial charge in [-0.1, -0.05) is 0 Å². The number of nitrogens with zero attached hydrogens (tertiary/aromatic N) is 3. The van der Waals surface area contributed by atoms with E-state index in [9.17, 15) is 0 Å². The van der Waals surface area contributed by atoms with Gasteiger partial charge in [0.15, 0.2) is 0 Å². The van der Waals surface area contributed by atoms with E-state index in [1.165, 1.54) is 0 Å². The van der Waals surface area contributed by atoms with Gasteiger partial charge in [0.05, 0.1) is 0 Å². The first kappa shape index (κ1) is 22.5. The molecule has 11 heavy (non-hydrogen) atoms. The van der Waals surface area contributed by atoms with Crippen LogP contribution < -0.4 is 0 Å². The molecule has 0 atom stereocenters. The molecule has 0 fully saturated rings. The zero-order chi connectivity index (χ0) is 10.1. The Labute approximate surface area is 83.1 Å². The van der Waals surface area contributed by atoms with E-state index in [0.717, 1.165) is 0 Å². The number of hydrogen-bond donors (Lipinski definition) is 1. The van der Waals surface area contributed by atoms with Crippen LogP contribution in [-0.2, 0) is 20.9 Å². The van der Waals surface area contributed by atoms with Crippen LogP contribution >= 0.6 is 0 Å². The van der Waals surface area contributed by atoms with Crippen molar-refractivity contribution >= 4 is 0 Å². The van der Waals surface area contributed by atoms with E-state index < -0.39 is 0 Å². The van der Waals surface area contributed by atoms with Crippen molar-refractivity contribution in [2.24, 2.45) is 0 Å². The predicted octanol–water partition coefficient (Wildman–Crippen LogP) is 2.15. The van der Waals surface area contributed by atoms with E-state index in [2.05, 4.69) is 16.0 Å². The predicted molar refractivity (Wildman–Crippen MR) is 48.3 cm³/mol. The third-order valence-electron chi connectivity index (χ3n) is 0. The first-order chi connectivity index (χ1) is 5.24. The summed E-state index contributed by atoms with van der Waals surface area (Å²) in [6.07, 6.45) is 0. The molecule has 5 heteroatoms. The van der Waals surface area contributed by atoms with Gasteiger partial charge >= 0.3 is 24.6 Å². The van der Waals surface area contributed by atoms with Crippen LogP contribution in [0.2, 0.25) is 0 Å². The zero-order valence-electron chi connectivity index (χ0n) is 8.29. The quantitative estimate of drug-likeness (QED) is 0.708. The topological polar surface area (TPSA) is 66.2 Å². The van der Waals surface area contributed by atoms with Crippen molar-refractivity contribution in [1.82, 2.24) is 0 Å². The summed E-state index contributed by atoms with van der Waals surface area (Å²) in [7, 11) is 10.5. The molecule has 0 saturated heterocycles. The standard InChI is InChI=1S/3C2H6N.HN.Ta/c3*1-3-2;;/h3*1-2H3;1H;/q3*-1;;. The second-order valence-corrected chi connectivity index (χ2v) is 1.34. The van der Waals surface area contributed by atoms with Crippen LogP contribution in [0.1, 0.15) is 0 Å². The molecule has 0 spiro atoms. The van der Waals surface area contributed by atoms with Crippen LogP contribution in [0.15, 0.2) is 0 Å². The number of rotatable bonds is 0. The van der Waals surface area contributed by atoms with Crippen molar-refractivity contribution in [3.8, 4) is 0 Å². The third kappa shape index (κ3) is 4180. The van der Waals surface area contributed by atoms with Crippen molar-refractivity contribution in [1.29, 1.82) is 3.76 Å². The van der Waals surface area contributed by atoms with Crippen molar-refractivity contribution in [2.75, 3.05) is 42.3 Å². The van der Waals surface area contributed by atoms with Gasteiger partial charge in [0.1, 0.15) is 0 Å². The van der Waals surface area contributed by atoms with Gasteiger partial charge in [-0.2, -0.15) is 42.3 Å². The molecule has 0 aliphatic carbocycles. The molecule has 0 aromatic rings. The molecule has 0 aliphatic heterocycles. The minimum atomic E-state index is 0.694. The summed E-state index contributed by atoms with van der Waals surface area (Å²) in [4.78, 5) is 0. The van der Waals surface area contributed by atoms with Gasteiger partial charge in [-0.15, -0.1) is 0 Å². The van der Waals surface area contributed by atoms with Crippen molar-refractivity contribution in [3.63, 3.8) is 0 Å². The fourth-order valence-corrected chi connectivity index (χ4v) is 0. The molecule has 0 rings (SSSR count).